The third-order valence-electron chi connectivity index (χ3n) is 3.90. The summed E-state index contributed by atoms with van der Waals surface area (Å²) in [7, 11) is 6.83. The van der Waals surface area contributed by atoms with Gasteiger partial charge in [-0.25, -0.2) is 10.0 Å². The molecule has 27 heavy (non-hydrogen) atoms. The molecule has 7 heteroatoms. The van der Waals surface area contributed by atoms with E-state index in [1.165, 1.54) is 10.0 Å². The highest BCUT2D eigenvalue weighted by molar-refractivity contribution is 8.21. The number of carbonyl (C=O) groups is 2. The van der Waals surface area contributed by atoms with Crippen LogP contribution in [0.25, 0.3) is 0 Å². The monoisotopic (exact) mass is 424 g/mol. The smallest absolute Gasteiger partial charge is 0.267 e. The SMILES string of the molecule is CCN(C(=O)c1ccccc1Cl)N(C(=O)c1ccc(SCl)cc1)C(C)(C)C. The van der Waals surface area contributed by atoms with Crippen LogP contribution in [0.1, 0.15) is 48.4 Å². The first-order valence-corrected chi connectivity index (χ1v) is 10.5. The number of amides is 2. The number of hydrazine groups is 1. The van der Waals surface area contributed by atoms with E-state index in [1.54, 1.807) is 48.5 Å². The van der Waals surface area contributed by atoms with Gasteiger partial charge in [-0.1, -0.05) is 23.7 Å². The molecule has 0 unspecified atom stereocenters. The van der Waals surface area contributed by atoms with Crippen molar-refractivity contribution in [3.05, 3.63) is 64.7 Å². The average Bonchev–Trinajstić information content (AvgIpc) is 2.64. The molecule has 0 aliphatic carbocycles. The van der Waals surface area contributed by atoms with E-state index in [2.05, 4.69) is 0 Å². The van der Waals surface area contributed by atoms with Gasteiger partial charge in [0.25, 0.3) is 11.8 Å². The fourth-order valence-corrected chi connectivity index (χ4v) is 3.46. The van der Waals surface area contributed by atoms with E-state index in [-0.39, 0.29) is 11.8 Å². The van der Waals surface area contributed by atoms with E-state index >= 15 is 0 Å². The van der Waals surface area contributed by atoms with Gasteiger partial charge in [0.05, 0.1) is 16.1 Å². The molecule has 0 spiro atoms. The van der Waals surface area contributed by atoms with Gasteiger partial charge in [0.2, 0.25) is 0 Å². The molecule has 0 heterocycles. The molecule has 0 saturated heterocycles. The van der Waals surface area contributed by atoms with Gasteiger partial charge in [-0.15, -0.1) is 0 Å². The average molecular weight is 425 g/mol. The van der Waals surface area contributed by atoms with Crippen LogP contribution in [-0.4, -0.2) is 33.9 Å². The largest absolute Gasteiger partial charge is 0.273 e. The van der Waals surface area contributed by atoms with Crippen molar-refractivity contribution in [1.82, 2.24) is 10.0 Å². The van der Waals surface area contributed by atoms with Crippen LogP contribution in [0.3, 0.4) is 0 Å². The summed E-state index contributed by atoms with van der Waals surface area (Å²) in [6.07, 6.45) is 0. The summed E-state index contributed by atoms with van der Waals surface area (Å²) in [6.45, 7) is 7.81. The van der Waals surface area contributed by atoms with Gasteiger partial charge in [0.15, 0.2) is 0 Å². The van der Waals surface area contributed by atoms with Gasteiger partial charge >= 0.3 is 0 Å². The molecule has 2 amide bonds. The topological polar surface area (TPSA) is 40.6 Å². The lowest BCUT2D eigenvalue weighted by Crippen LogP contribution is -2.58. The molecule has 0 atom stereocenters. The quantitative estimate of drug-likeness (QED) is 0.573. The first kappa shape index (κ1) is 21.6. The van der Waals surface area contributed by atoms with Crippen molar-refractivity contribution in [1.29, 1.82) is 0 Å². The Balaban J connectivity index is 2.45. The molecule has 0 aliphatic rings. The Morgan fingerprint density at radius 2 is 1.59 bits per heavy atom. The molecule has 4 nitrogen and oxygen atoms in total. The van der Waals surface area contributed by atoms with Crippen LogP contribution in [0.5, 0.6) is 0 Å². The lowest BCUT2D eigenvalue weighted by molar-refractivity contribution is -0.0410. The molecule has 144 valence electrons. The zero-order chi connectivity index (χ0) is 20.2. The van der Waals surface area contributed by atoms with E-state index in [0.717, 1.165) is 15.9 Å². The van der Waals surface area contributed by atoms with Crippen molar-refractivity contribution < 1.29 is 9.59 Å². The van der Waals surface area contributed by atoms with Gasteiger partial charge in [0.1, 0.15) is 0 Å². The van der Waals surface area contributed by atoms with Crippen LogP contribution < -0.4 is 0 Å². The maximum Gasteiger partial charge on any atom is 0.273 e. The normalized spacial score (nSPS) is 11.2. The van der Waals surface area contributed by atoms with E-state index < -0.39 is 5.54 Å². The fourth-order valence-electron chi connectivity index (χ4n) is 2.70. The lowest BCUT2D eigenvalue weighted by atomic mass is 10.1. The van der Waals surface area contributed by atoms with Crippen molar-refractivity contribution in [3.8, 4) is 0 Å². The molecule has 2 aromatic rings. The van der Waals surface area contributed by atoms with Crippen molar-refractivity contribution in [3.63, 3.8) is 0 Å². The summed E-state index contributed by atoms with van der Waals surface area (Å²) in [5.74, 6) is -0.588. The second kappa shape index (κ2) is 9.00. The molecule has 2 aromatic carbocycles. The summed E-state index contributed by atoms with van der Waals surface area (Å²) >= 11 is 6.20. The third-order valence-corrected chi connectivity index (χ3v) is 5.21. The first-order valence-electron chi connectivity index (χ1n) is 8.50. The molecule has 0 N–H and O–H groups in total. The van der Waals surface area contributed by atoms with Crippen molar-refractivity contribution >= 4 is 45.1 Å². The minimum absolute atomic E-state index is 0.268. The van der Waals surface area contributed by atoms with Gasteiger partial charge in [-0.2, -0.15) is 0 Å². The summed E-state index contributed by atoms with van der Waals surface area (Å²) < 4.78 is 0. The van der Waals surface area contributed by atoms with Crippen LogP contribution >= 0.6 is 33.3 Å². The Hall–Kier alpha value is -1.69. The Labute approximate surface area is 173 Å². The highest BCUT2D eigenvalue weighted by Crippen LogP contribution is 2.26. The third kappa shape index (κ3) is 4.98. The molecule has 0 aliphatic heterocycles. The molecule has 0 radical (unpaired) electrons. The van der Waals surface area contributed by atoms with Crippen molar-refractivity contribution in [2.24, 2.45) is 0 Å². The summed E-state index contributed by atoms with van der Waals surface area (Å²) in [4.78, 5) is 27.3. The molecule has 0 aromatic heterocycles. The number of halogens is 2. The van der Waals surface area contributed by atoms with E-state index in [9.17, 15) is 9.59 Å². The van der Waals surface area contributed by atoms with Crippen LogP contribution in [0.4, 0.5) is 0 Å². The van der Waals surface area contributed by atoms with Gasteiger partial charge < -0.3 is 0 Å². The zero-order valence-electron chi connectivity index (χ0n) is 15.7. The van der Waals surface area contributed by atoms with E-state index in [4.69, 9.17) is 22.3 Å². The summed E-state index contributed by atoms with van der Waals surface area (Å²) in [6, 6.07) is 13.8. The minimum atomic E-state index is -0.621. The maximum absolute atomic E-state index is 13.3. The van der Waals surface area contributed by atoms with Crippen molar-refractivity contribution in [2.45, 2.75) is 38.1 Å². The van der Waals surface area contributed by atoms with Gasteiger partial charge in [0, 0.05) is 17.0 Å². The molecule has 0 fully saturated rings. The molecule has 2 rings (SSSR count). The fraction of sp³-hybridized carbons (Fsp3) is 0.300. The summed E-state index contributed by atoms with van der Waals surface area (Å²) in [5, 5.41) is 3.28. The van der Waals surface area contributed by atoms with Gasteiger partial charge in [-0.3, -0.25) is 9.59 Å². The first-order chi connectivity index (χ1) is 12.7. The van der Waals surface area contributed by atoms with E-state index in [0.29, 0.717) is 22.7 Å². The van der Waals surface area contributed by atoms with Crippen LogP contribution in [0.2, 0.25) is 5.02 Å². The molecule has 0 saturated carbocycles. The summed E-state index contributed by atoms with van der Waals surface area (Å²) in [5.41, 5.74) is 0.214. The number of rotatable bonds is 4. The number of benzene rings is 2. The number of carbonyl (C=O) groups excluding carboxylic acids is 2. The lowest BCUT2D eigenvalue weighted by Gasteiger charge is -2.43. The van der Waals surface area contributed by atoms with Crippen LogP contribution in [0, 0.1) is 0 Å². The second-order valence-corrected chi connectivity index (χ2v) is 8.39. The Morgan fingerprint density at radius 1 is 1.00 bits per heavy atom. The highest BCUT2D eigenvalue weighted by Gasteiger charge is 2.35. The van der Waals surface area contributed by atoms with Crippen molar-refractivity contribution in [2.75, 3.05) is 6.54 Å². The molecular weight excluding hydrogens is 403 g/mol. The Morgan fingerprint density at radius 3 is 2.07 bits per heavy atom. The number of hydrogen-bond acceptors (Lipinski definition) is 3. The standard InChI is InChI=1S/C20H22Cl2N2O2S/c1-5-23(19(26)16-8-6-7-9-17(16)21)24(20(2,3)4)18(25)14-10-12-15(27-22)13-11-14/h6-13H,5H2,1-4H3. The number of nitrogens with zero attached hydrogens (tertiary/aromatic N) is 2. The second-order valence-electron chi connectivity index (χ2n) is 6.89. The van der Waals surface area contributed by atoms with Gasteiger partial charge in [-0.05, 0) is 85.8 Å². The van der Waals surface area contributed by atoms with Crippen LogP contribution in [-0.2, 0) is 0 Å². The predicted molar refractivity (Wildman–Crippen MR) is 112 cm³/mol. The maximum atomic E-state index is 13.3. The Kier molecular flexibility index (Phi) is 7.20. The van der Waals surface area contributed by atoms with E-state index in [1.807, 2.05) is 27.7 Å². The highest BCUT2D eigenvalue weighted by atomic mass is 35.7. The molecular formula is C20H22Cl2N2O2S. The Bertz CT molecular complexity index is 819. The minimum Gasteiger partial charge on any atom is -0.267 e. The predicted octanol–water partition coefficient (Wildman–Crippen LogP) is 5.90. The zero-order valence-corrected chi connectivity index (χ0v) is 18.0. The van der Waals surface area contributed by atoms with Crippen LogP contribution in [0.15, 0.2) is 53.4 Å². The molecule has 0 bridgehead atoms. The number of hydrogen-bond donors (Lipinski definition) is 0.